The lowest BCUT2D eigenvalue weighted by atomic mass is 10.0. The van der Waals surface area contributed by atoms with Crippen molar-refractivity contribution in [1.29, 1.82) is 0 Å². The summed E-state index contributed by atoms with van der Waals surface area (Å²) in [6.07, 6.45) is 20.5. The van der Waals surface area contributed by atoms with Crippen LogP contribution in [-0.4, -0.2) is 22.3 Å². The molecule has 0 saturated carbocycles. The third-order valence-electron chi connectivity index (χ3n) is 4.24. The highest BCUT2D eigenvalue weighted by Gasteiger charge is 2.06. The molecule has 0 fully saturated rings. The third kappa shape index (κ3) is 19.1. The van der Waals surface area contributed by atoms with Crippen molar-refractivity contribution in [2.24, 2.45) is 0 Å². The average molecular weight is 327 g/mol. The van der Waals surface area contributed by atoms with Crippen LogP contribution in [0.2, 0.25) is 0 Å². The number of unbranched alkanes of at least 4 members (excludes halogenated alkanes) is 10. The maximum Gasteiger partial charge on any atom is 0.303 e. The summed E-state index contributed by atoms with van der Waals surface area (Å²) in [5, 5.41) is 18.2. The average Bonchev–Trinajstić information content (AvgIpc) is 2.53. The largest absolute Gasteiger partial charge is 0.481 e. The molecule has 0 aromatic heterocycles. The summed E-state index contributed by atoms with van der Waals surface area (Å²) in [5.74, 6) is -0.822. The molecule has 23 heavy (non-hydrogen) atoms. The van der Waals surface area contributed by atoms with E-state index in [1.54, 1.807) is 0 Å². The van der Waals surface area contributed by atoms with E-state index in [0.717, 1.165) is 25.7 Å². The fourth-order valence-electron chi connectivity index (χ4n) is 2.71. The van der Waals surface area contributed by atoms with E-state index in [4.69, 9.17) is 5.11 Å². The Morgan fingerprint density at radius 3 is 1.91 bits per heavy atom. The maximum atomic E-state index is 10.4. The number of hydrogen-bond acceptors (Lipinski definition) is 2. The molecule has 1 unspecified atom stereocenters. The van der Waals surface area contributed by atoms with E-state index in [-0.39, 0.29) is 6.42 Å². The van der Waals surface area contributed by atoms with Crippen molar-refractivity contribution in [3.63, 3.8) is 0 Å². The van der Waals surface area contributed by atoms with Crippen LogP contribution in [0.4, 0.5) is 0 Å². The number of aliphatic hydroxyl groups excluding tert-OH is 1. The van der Waals surface area contributed by atoms with E-state index < -0.39 is 12.1 Å². The normalized spacial score (nSPS) is 12.8. The standard InChI is InChI=1S/C20H38O3/c1-2-3-4-5-6-7-8-9-10-11-12-13-14-15-16-19(21)17-18-20(22)23/h9-10,19,21H,2-8,11-18H2,1H3,(H,22,23)/b10-9-. The number of carboxylic acids is 1. The Bertz CT molecular complexity index is 287. The van der Waals surface area contributed by atoms with Gasteiger partial charge in [-0.2, -0.15) is 0 Å². The van der Waals surface area contributed by atoms with Crippen LogP contribution in [0.25, 0.3) is 0 Å². The van der Waals surface area contributed by atoms with E-state index >= 15 is 0 Å². The highest BCUT2D eigenvalue weighted by Crippen LogP contribution is 2.11. The smallest absolute Gasteiger partial charge is 0.303 e. The monoisotopic (exact) mass is 326 g/mol. The highest BCUT2D eigenvalue weighted by atomic mass is 16.4. The van der Waals surface area contributed by atoms with Gasteiger partial charge in [-0.15, -0.1) is 0 Å². The van der Waals surface area contributed by atoms with Crippen LogP contribution in [-0.2, 0) is 4.79 Å². The molecule has 0 aliphatic carbocycles. The van der Waals surface area contributed by atoms with Crippen LogP contribution in [0.15, 0.2) is 12.2 Å². The number of aliphatic hydroxyl groups is 1. The first-order chi connectivity index (χ1) is 11.2. The SMILES string of the molecule is CCCCCCCC/C=C\CCCCCCC(O)CCC(=O)O. The molecule has 0 radical (unpaired) electrons. The molecule has 3 nitrogen and oxygen atoms in total. The van der Waals surface area contributed by atoms with E-state index in [2.05, 4.69) is 19.1 Å². The first-order valence-corrected chi connectivity index (χ1v) is 9.71. The quantitative estimate of drug-likeness (QED) is 0.260. The number of rotatable bonds is 17. The fourth-order valence-corrected chi connectivity index (χ4v) is 2.71. The van der Waals surface area contributed by atoms with Crippen molar-refractivity contribution < 1.29 is 15.0 Å². The number of aliphatic carboxylic acids is 1. The van der Waals surface area contributed by atoms with Crippen LogP contribution < -0.4 is 0 Å². The van der Waals surface area contributed by atoms with E-state index in [1.165, 1.54) is 57.8 Å². The Labute approximate surface area is 143 Å². The summed E-state index contributed by atoms with van der Waals surface area (Å²) in [6, 6.07) is 0. The van der Waals surface area contributed by atoms with Gasteiger partial charge in [-0.3, -0.25) is 4.79 Å². The lowest BCUT2D eigenvalue weighted by Crippen LogP contribution is -2.09. The fraction of sp³-hybridized carbons (Fsp3) is 0.850. The van der Waals surface area contributed by atoms with Gasteiger partial charge in [0.2, 0.25) is 0 Å². The van der Waals surface area contributed by atoms with Gasteiger partial charge in [-0.25, -0.2) is 0 Å². The van der Waals surface area contributed by atoms with Gasteiger partial charge in [-0.1, -0.05) is 70.4 Å². The predicted octanol–water partition coefficient (Wildman–Crippen LogP) is 5.86. The Morgan fingerprint density at radius 1 is 0.826 bits per heavy atom. The van der Waals surface area contributed by atoms with Crippen molar-refractivity contribution in [1.82, 2.24) is 0 Å². The lowest BCUT2D eigenvalue weighted by Gasteiger charge is -2.08. The third-order valence-corrected chi connectivity index (χ3v) is 4.24. The van der Waals surface area contributed by atoms with Gasteiger partial charge in [-0.05, 0) is 38.5 Å². The lowest BCUT2D eigenvalue weighted by molar-refractivity contribution is -0.137. The topological polar surface area (TPSA) is 57.5 Å². The number of carboxylic acid groups (broad SMARTS) is 1. The molecule has 3 heteroatoms. The summed E-state index contributed by atoms with van der Waals surface area (Å²) in [4.78, 5) is 10.4. The van der Waals surface area contributed by atoms with Gasteiger partial charge in [0.1, 0.15) is 0 Å². The van der Waals surface area contributed by atoms with Crippen LogP contribution in [0.1, 0.15) is 103 Å². The van der Waals surface area contributed by atoms with Crippen molar-refractivity contribution in [3.05, 3.63) is 12.2 Å². The molecule has 1 atom stereocenters. The maximum absolute atomic E-state index is 10.4. The minimum Gasteiger partial charge on any atom is -0.481 e. The summed E-state index contributed by atoms with van der Waals surface area (Å²) < 4.78 is 0. The predicted molar refractivity (Wildman–Crippen MR) is 97.7 cm³/mol. The Morgan fingerprint density at radius 2 is 1.35 bits per heavy atom. The number of hydrogen-bond donors (Lipinski definition) is 2. The van der Waals surface area contributed by atoms with Crippen molar-refractivity contribution in [2.45, 2.75) is 109 Å². The molecular formula is C20H38O3. The molecule has 0 aliphatic heterocycles. The Balaban J connectivity index is 3.20. The van der Waals surface area contributed by atoms with Crippen LogP contribution in [0.3, 0.4) is 0 Å². The molecule has 0 saturated heterocycles. The molecule has 0 rings (SSSR count). The van der Waals surface area contributed by atoms with E-state index in [0.29, 0.717) is 6.42 Å². The van der Waals surface area contributed by atoms with Gasteiger partial charge in [0.25, 0.3) is 0 Å². The van der Waals surface area contributed by atoms with E-state index in [1.807, 2.05) is 0 Å². The second-order valence-electron chi connectivity index (χ2n) is 6.61. The minimum atomic E-state index is -0.822. The van der Waals surface area contributed by atoms with Crippen molar-refractivity contribution in [3.8, 4) is 0 Å². The molecule has 2 N–H and O–H groups in total. The zero-order valence-corrected chi connectivity index (χ0v) is 15.1. The molecule has 0 aromatic carbocycles. The van der Waals surface area contributed by atoms with Crippen molar-refractivity contribution >= 4 is 5.97 Å². The Hall–Kier alpha value is -0.830. The zero-order valence-electron chi connectivity index (χ0n) is 15.1. The van der Waals surface area contributed by atoms with Crippen LogP contribution in [0.5, 0.6) is 0 Å². The minimum absolute atomic E-state index is 0.0740. The van der Waals surface area contributed by atoms with Crippen LogP contribution >= 0.6 is 0 Å². The van der Waals surface area contributed by atoms with E-state index in [9.17, 15) is 9.90 Å². The second kappa shape index (κ2) is 17.5. The number of carbonyl (C=O) groups is 1. The number of allylic oxidation sites excluding steroid dienone is 2. The summed E-state index contributed by atoms with van der Waals surface area (Å²) in [6.45, 7) is 2.25. The highest BCUT2D eigenvalue weighted by molar-refractivity contribution is 5.66. The van der Waals surface area contributed by atoms with Gasteiger partial charge in [0.05, 0.1) is 6.10 Å². The summed E-state index contributed by atoms with van der Waals surface area (Å²) >= 11 is 0. The molecule has 0 spiro atoms. The van der Waals surface area contributed by atoms with Crippen LogP contribution in [0, 0.1) is 0 Å². The Kier molecular flexibility index (Phi) is 16.9. The molecule has 0 bridgehead atoms. The first-order valence-electron chi connectivity index (χ1n) is 9.71. The van der Waals surface area contributed by atoms with Gasteiger partial charge in [0.15, 0.2) is 0 Å². The molecular weight excluding hydrogens is 288 g/mol. The van der Waals surface area contributed by atoms with Crippen molar-refractivity contribution in [2.75, 3.05) is 0 Å². The zero-order chi connectivity index (χ0) is 17.2. The first kappa shape index (κ1) is 22.2. The molecule has 0 amide bonds. The molecule has 0 heterocycles. The van der Waals surface area contributed by atoms with Gasteiger partial charge < -0.3 is 10.2 Å². The molecule has 0 aliphatic rings. The van der Waals surface area contributed by atoms with Gasteiger partial charge in [0, 0.05) is 6.42 Å². The second-order valence-corrected chi connectivity index (χ2v) is 6.61. The molecule has 136 valence electrons. The summed E-state index contributed by atoms with van der Waals surface area (Å²) in [5.41, 5.74) is 0. The molecule has 0 aromatic rings. The van der Waals surface area contributed by atoms with Gasteiger partial charge >= 0.3 is 5.97 Å². The summed E-state index contributed by atoms with van der Waals surface area (Å²) in [7, 11) is 0.